The second kappa shape index (κ2) is 15.3. The summed E-state index contributed by atoms with van der Waals surface area (Å²) in [5.41, 5.74) is 0. The standard InChI is InChI=1S/C6H14N2O.2HO3P/c1-4-7-6(9)8(3)5-2;2*1-4(2)3/h4-5H2,1-3H3,(H,7,9);2*(H-,1,2,3)/p+2. The van der Waals surface area contributed by atoms with Crippen LogP contribution in [0.15, 0.2) is 0 Å². The number of carbonyl (C=O) groups excluding carboxylic acids is 1. The van der Waals surface area contributed by atoms with E-state index in [-0.39, 0.29) is 6.03 Å². The fourth-order valence-electron chi connectivity index (χ4n) is 0.430. The maximum absolute atomic E-state index is 10.8. The average Bonchev–Trinajstić information content (AvgIpc) is 2.15. The Labute approximate surface area is 101 Å². The van der Waals surface area contributed by atoms with Crippen molar-refractivity contribution in [3.05, 3.63) is 0 Å². The van der Waals surface area contributed by atoms with Gasteiger partial charge in [0.15, 0.2) is 0 Å². The zero-order valence-electron chi connectivity index (χ0n) is 9.77. The molecular weight excluding hydrogens is 274 g/mol. The number of carbonyl (C=O) groups is 1. The fourth-order valence-corrected chi connectivity index (χ4v) is 0.430. The van der Waals surface area contributed by atoms with Crippen LogP contribution in [0.5, 0.6) is 0 Å². The summed E-state index contributed by atoms with van der Waals surface area (Å²) >= 11 is 0. The molecule has 0 aliphatic rings. The van der Waals surface area contributed by atoms with Crippen LogP contribution < -0.4 is 5.32 Å². The third-order valence-corrected chi connectivity index (χ3v) is 1.15. The fraction of sp³-hybridized carbons (Fsp3) is 0.833. The highest BCUT2D eigenvalue weighted by molar-refractivity contribution is 7.31. The van der Waals surface area contributed by atoms with Crippen molar-refractivity contribution in [3.63, 3.8) is 0 Å². The van der Waals surface area contributed by atoms with Crippen molar-refractivity contribution in [1.82, 2.24) is 10.2 Å². The van der Waals surface area contributed by atoms with Crippen LogP contribution in [-0.4, -0.2) is 50.6 Å². The Hall–Kier alpha value is -0.690. The summed E-state index contributed by atoms with van der Waals surface area (Å²) in [5, 5.41) is 2.68. The maximum atomic E-state index is 10.8. The van der Waals surface area contributed by atoms with Gasteiger partial charge < -0.3 is 10.2 Å². The SMILES string of the molecule is CCNC(=O)N(C)CC.O=[P+](O)O.O=[P+](O)O. The van der Waals surface area contributed by atoms with E-state index in [0.29, 0.717) is 6.54 Å². The van der Waals surface area contributed by atoms with Gasteiger partial charge in [-0.2, -0.15) is 0 Å². The molecule has 0 atom stereocenters. The van der Waals surface area contributed by atoms with Gasteiger partial charge in [-0.3, -0.25) is 0 Å². The number of nitrogens with zero attached hydrogens (tertiary/aromatic N) is 1. The molecule has 0 radical (unpaired) electrons. The van der Waals surface area contributed by atoms with E-state index in [2.05, 4.69) is 5.32 Å². The van der Waals surface area contributed by atoms with E-state index in [0.717, 1.165) is 6.54 Å². The molecule has 5 N–H and O–H groups in total. The second-order valence-corrected chi connectivity index (χ2v) is 3.37. The van der Waals surface area contributed by atoms with Gasteiger partial charge in [0.05, 0.1) is 0 Å². The molecule has 0 spiro atoms. The number of urea groups is 1. The van der Waals surface area contributed by atoms with Gasteiger partial charge >= 0.3 is 22.5 Å². The van der Waals surface area contributed by atoms with Gasteiger partial charge in [-0.25, -0.2) is 4.79 Å². The van der Waals surface area contributed by atoms with E-state index in [1.54, 1.807) is 11.9 Å². The minimum Gasteiger partial charge on any atom is -0.338 e. The largest absolute Gasteiger partial charge is 0.692 e. The first-order chi connectivity index (χ1) is 7.68. The molecule has 0 unspecified atom stereocenters. The lowest BCUT2D eigenvalue weighted by atomic mass is 10.6. The number of hydrogen-bond donors (Lipinski definition) is 5. The molecule has 0 rings (SSSR count). The van der Waals surface area contributed by atoms with Crippen molar-refractivity contribution in [3.8, 4) is 0 Å². The highest BCUT2D eigenvalue weighted by atomic mass is 31.1. The van der Waals surface area contributed by atoms with Crippen molar-refractivity contribution < 1.29 is 33.5 Å². The highest BCUT2D eigenvalue weighted by Crippen LogP contribution is 1.98. The minimum absolute atomic E-state index is 0.000000000000000444. The van der Waals surface area contributed by atoms with E-state index in [1.165, 1.54) is 0 Å². The van der Waals surface area contributed by atoms with Crippen molar-refractivity contribution >= 4 is 22.5 Å². The van der Waals surface area contributed by atoms with E-state index < -0.39 is 16.5 Å². The summed E-state index contributed by atoms with van der Waals surface area (Å²) in [5.74, 6) is 0. The van der Waals surface area contributed by atoms with E-state index in [4.69, 9.17) is 28.7 Å². The molecule has 102 valence electrons. The van der Waals surface area contributed by atoms with Gasteiger partial charge in [-0.05, 0) is 13.8 Å². The Morgan fingerprint density at radius 1 is 1.12 bits per heavy atom. The molecule has 2 amide bonds. The van der Waals surface area contributed by atoms with Gasteiger partial charge in [0.1, 0.15) is 0 Å². The molecule has 0 bridgehead atoms. The van der Waals surface area contributed by atoms with Crippen LogP contribution in [0.1, 0.15) is 13.8 Å². The first-order valence-corrected chi connectivity index (χ1v) is 6.70. The van der Waals surface area contributed by atoms with Gasteiger partial charge in [0, 0.05) is 29.3 Å². The van der Waals surface area contributed by atoms with Gasteiger partial charge in [-0.15, -0.1) is 19.6 Å². The zero-order chi connectivity index (χ0) is 14.4. The van der Waals surface area contributed by atoms with Crippen molar-refractivity contribution in [1.29, 1.82) is 0 Å². The third kappa shape index (κ3) is 39.3. The Kier molecular flexibility index (Phi) is 19.4. The van der Waals surface area contributed by atoms with Crippen LogP contribution in [0.25, 0.3) is 0 Å². The molecule has 0 fully saturated rings. The van der Waals surface area contributed by atoms with Crippen LogP contribution in [0.2, 0.25) is 0 Å². The number of nitrogens with one attached hydrogen (secondary N) is 1. The van der Waals surface area contributed by atoms with E-state index >= 15 is 0 Å². The molecule has 11 heteroatoms. The van der Waals surface area contributed by atoms with E-state index in [1.807, 2.05) is 13.8 Å². The number of amides is 2. The van der Waals surface area contributed by atoms with Gasteiger partial charge in [0.2, 0.25) is 0 Å². The maximum Gasteiger partial charge on any atom is 0.692 e. The molecule has 17 heavy (non-hydrogen) atoms. The molecule has 0 aromatic carbocycles. The Bertz CT molecular complexity index is 218. The molecule has 0 aliphatic heterocycles. The lowest BCUT2D eigenvalue weighted by Crippen LogP contribution is -2.36. The molecule has 0 aromatic heterocycles. The lowest BCUT2D eigenvalue weighted by Gasteiger charge is -2.13. The number of hydrogen-bond acceptors (Lipinski definition) is 3. The lowest BCUT2D eigenvalue weighted by molar-refractivity contribution is 0.211. The smallest absolute Gasteiger partial charge is 0.338 e. The van der Waals surface area contributed by atoms with Crippen molar-refractivity contribution in [2.45, 2.75) is 13.8 Å². The molecule has 0 saturated carbocycles. The Balaban J connectivity index is -0.000000205. The van der Waals surface area contributed by atoms with Crippen LogP contribution in [0, 0.1) is 0 Å². The molecular formula is C6H18N2O7P2+2. The Morgan fingerprint density at radius 3 is 1.59 bits per heavy atom. The predicted molar refractivity (Wildman–Crippen MR) is 61.5 cm³/mol. The first kappa shape index (κ1) is 21.6. The van der Waals surface area contributed by atoms with Crippen molar-refractivity contribution in [2.75, 3.05) is 20.1 Å². The molecule has 9 nitrogen and oxygen atoms in total. The topological polar surface area (TPSA) is 147 Å². The summed E-state index contributed by atoms with van der Waals surface area (Å²) < 4.78 is 17.4. The predicted octanol–water partition coefficient (Wildman–Crippen LogP) is -0.0756. The summed E-state index contributed by atoms with van der Waals surface area (Å²) in [6, 6.07) is 0.000000000000000444. The summed E-state index contributed by atoms with van der Waals surface area (Å²) in [6.07, 6.45) is 0. The van der Waals surface area contributed by atoms with Crippen LogP contribution in [0.4, 0.5) is 4.79 Å². The highest BCUT2D eigenvalue weighted by Gasteiger charge is 2.01. The minimum atomic E-state index is -2.87. The molecule has 0 heterocycles. The normalized spacial score (nSPS) is 7.71. The first-order valence-electron chi connectivity index (χ1n) is 4.37. The monoisotopic (exact) mass is 292 g/mol. The molecule has 0 aliphatic carbocycles. The van der Waals surface area contributed by atoms with Crippen molar-refractivity contribution in [2.24, 2.45) is 0 Å². The second-order valence-electron chi connectivity index (χ2n) is 2.36. The molecule has 0 saturated heterocycles. The van der Waals surface area contributed by atoms with Crippen LogP contribution in [0.3, 0.4) is 0 Å². The van der Waals surface area contributed by atoms with Gasteiger partial charge in [0.25, 0.3) is 0 Å². The quantitative estimate of drug-likeness (QED) is 0.447. The van der Waals surface area contributed by atoms with Gasteiger partial charge in [-0.1, -0.05) is 0 Å². The summed E-state index contributed by atoms with van der Waals surface area (Å²) in [4.78, 5) is 40.9. The average molecular weight is 292 g/mol. The summed E-state index contributed by atoms with van der Waals surface area (Å²) in [7, 11) is -3.97. The molecule has 0 aromatic rings. The van der Waals surface area contributed by atoms with Crippen LogP contribution in [-0.2, 0) is 9.13 Å². The number of rotatable bonds is 2. The summed E-state index contributed by atoms with van der Waals surface area (Å²) in [6.45, 7) is 5.30. The zero-order valence-corrected chi connectivity index (χ0v) is 11.6. The third-order valence-electron chi connectivity index (χ3n) is 1.15. The van der Waals surface area contributed by atoms with Crippen LogP contribution >= 0.6 is 16.5 Å². The Morgan fingerprint density at radius 2 is 1.41 bits per heavy atom. The van der Waals surface area contributed by atoms with E-state index in [9.17, 15) is 4.79 Å².